The summed E-state index contributed by atoms with van der Waals surface area (Å²) in [6.45, 7) is 3.86. The first-order valence-corrected chi connectivity index (χ1v) is 10.8. The Kier molecular flexibility index (Phi) is 7.36. The molecule has 1 saturated carbocycles. The molecule has 0 bridgehead atoms. The van der Waals surface area contributed by atoms with Gasteiger partial charge in [0.15, 0.2) is 0 Å². The Hall–Kier alpha value is -2.12. The molecule has 2 N–H and O–H groups in total. The van der Waals surface area contributed by atoms with Gasteiger partial charge in [0.1, 0.15) is 5.82 Å². The Morgan fingerprint density at radius 1 is 1.17 bits per heavy atom. The van der Waals surface area contributed by atoms with E-state index in [2.05, 4.69) is 22.5 Å². The average molecular weight is 435 g/mol. The van der Waals surface area contributed by atoms with Crippen LogP contribution < -0.4 is 11.0 Å². The monoisotopic (exact) mass is 434 g/mol. The van der Waals surface area contributed by atoms with Crippen LogP contribution in [0.3, 0.4) is 0 Å². The molecule has 1 aromatic carbocycles. The van der Waals surface area contributed by atoms with Gasteiger partial charge in [-0.25, -0.2) is 4.79 Å². The van der Waals surface area contributed by atoms with E-state index < -0.39 is 5.97 Å². The zero-order chi connectivity index (χ0) is 20.4. The number of hydrogen-bond donors (Lipinski definition) is 2. The summed E-state index contributed by atoms with van der Waals surface area (Å²) >= 11 is 0. The molecular formula is C22H31ClN4O3. The van der Waals surface area contributed by atoms with Gasteiger partial charge in [0.05, 0.1) is 5.69 Å². The van der Waals surface area contributed by atoms with Crippen LogP contribution >= 0.6 is 12.4 Å². The molecule has 2 aromatic rings. The number of hydrogen-bond acceptors (Lipinski definition) is 4. The Bertz CT molecular complexity index is 944. The molecule has 30 heavy (non-hydrogen) atoms. The van der Waals surface area contributed by atoms with E-state index >= 15 is 0 Å². The number of carboxylic acids is 1. The minimum absolute atomic E-state index is 0. The van der Waals surface area contributed by atoms with Crippen molar-refractivity contribution in [2.24, 2.45) is 5.92 Å². The lowest BCUT2D eigenvalue weighted by molar-refractivity contribution is -0.137. The average Bonchev–Trinajstić information content (AvgIpc) is 2.88. The number of fused-ring (bicyclic) bond motifs is 1. The number of carboxylic acid groups (broad SMARTS) is 1. The first-order chi connectivity index (χ1) is 14.0. The molecule has 0 saturated heterocycles. The standard InChI is InChI=1S/C22H30N4O3.ClH/c1-15-24-26(20-8-5-17-10-12-23-13-11-18(17)14-20)22(29)25(15)19-6-2-16(3-7-19)4-9-21(27)28;/h5,8,14,16,19,23H,2-4,6-7,9-13H2,1H3,(H,27,28);1H/t16-,19-;. The van der Waals surface area contributed by atoms with Crippen LogP contribution in [0, 0.1) is 12.8 Å². The molecule has 1 aliphatic heterocycles. The van der Waals surface area contributed by atoms with Gasteiger partial charge in [0.2, 0.25) is 0 Å². The molecule has 1 aliphatic carbocycles. The van der Waals surface area contributed by atoms with Crippen molar-refractivity contribution in [2.45, 2.75) is 64.3 Å². The summed E-state index contributed by atoms with van der Waals surface area (Å²) in [4.78, 5) is 24.0. The Morgan fingerprint density at radius 2 is 1.87 bits per heavy atom. The van der Waals surface area contributed by atoms with Crippen molar-refractivity contribution in [3.05, 3.63) is 45.6 Å². The lowest BCUT2D eigenvalue weighted by Crippen LogP contribution is -2.30. The Morgan fingerprint density at radius 3 is 2.57 bits per heavy atom. The van der Waals surface area contributed by atoms with E-state index in [0.717, 1.165) is 69.5 Å². The van der Waals surface area contributed by atoms with E-state index in [0.29, 0.717) is 5.92 Å². The predicted octanol–water partition coefficient (Wildman–Crippen LogP) is 3.05. The van der Waals surface area contributed by atoms with Crippen LogP contribution in [0.25, 0.3) is 5.69 Å². The van der Waals surface area contributed by atoms with Gasteiger partial charge >= 0.3 is 11.7 Å². The molecule has 4 rings (SSSR count). The normalized spacial score (nSPS) is 21.4. The largest absolute Gasteiger partial charge is 0.481 e. The van der Waals surface area contributed by atoms with E-state index in [1.807, 2.05) is 17.6 Å². The third kappa shape index (κ3) is 4.78. The fraction of sp³-hybridized carbons (Fsp3) is 0.591. The van der Waals surface area contributed by atoms with Gasteiger partial charge in [-0.1, -0.05) is 6.07 Å². The molecule has 2 aliphatic rings. The van der Waals surface area contributed by atoms with E-state index in [1.54, 1.807) is 4.68 Å². The zero-order valence-electron chi connectivity index (χ0n) is 17.5. The lowest BCUT2D eigenvalue weighted by Gasteiger charge is -2.28. The maximum absolute atomic E-state index is 13.2. The molecule has 0 atom stereocenters. The lowest BCUT2D eigenvalue weighted by atomic mass is 9.83. The maximum atomic E-state index is 13.2. The summed E-state index contributed by atoms with van der Waals surface area (Å²) in [6.07, 6.45) is 6.72. The molecule has 8 heteroatoms. The quantitative estimate of drug-likeness (QED) is 0.754. The van der Waals surface area contributed by atoms with Gasteiger partial charge in [-0.15, -0.1) is 12.4 Å². The summed E-state index contributed by atoms with van der Waals surface area (Å²) < 4.78 is 3.39. The summed E-state index contributed by atoms with van der Waals surface area (Å²) in [5.41, 5.74) is 3.42. The van der Waals surface area contributed by atoms with Crippen molar-refractivity contribution in [1.82, 2.24) is 19.7 Å². The summed E-state index contributed by atoms with van der Waals surface area (Å²) in [7, 11) is 0. The second kappa shape index (κ2) is 9.79. The van der Waals surface area contributed by atoms with Crippen LogP contribution in [-0.4, -0.2) is 38.5 Å². The minimum atomic E-state index is -0.725. The fourth-order valence-electron chi connectivity index (χ4n) is 4.88. The zero-order valence-corrected chi connectivity index (χ0v) is 18.3. The van der Waals surface area contributed by atoms with Crippen molar-refractivity contribution in [3.8, 4) is 5.69 Å². The number of carbonyl (C=O) groups is 1. The van der Waals surface area contributed by atoms with Crippen molar-refractivity contribution in [2.75, 3.05) is 13.1 Å². The highest BCUT2D eigenvalue weighted by atomic mass is 35.5. The molecule has 164 valence electrons. The van der Waals surface area contributed by atoms with Gasteiger partial charge in [-0.3, -0.25) is 9.36 Å². The highest BCUT2D eigenvalue weighted by molar-refractivity contribution is 5.85. The van der Waals surface area contributed by atoms with E-state index in [4.69, 9.17) is 5.11 Å². The molecular weight excluding hydrogens is 404 g/mol. The third-order valence-electron chi connectivity index (χ3n) is 6.51. The van der Waals surface area contributed by atoms with Gasteiger partial charge < -0.3 is 10.4 Å². The van der Waals surface area contributed by atoms with Crippen molar-refractivity contribution >= 4 is 18.4 Å². The fourth-order valence-corrected chi connectivity index (χ4v) is 4.88. The highest BCUT2D eigenvalue weighted by Crippen LogP contribution is 2.34. The SMILES string of the molecule is Cc1nn(-c2ccc3c(c2)CCNCC3)c(=O)n1[C@H]1CC[C@H](CCC(=O)O)CC1.Cl. The number of nitrogens with one attached hydrogen (secondary N) is 1. The van der Waals surface area contributed by atoms with Crippen molar-refractivity contribution in [3.63, 3.8) is 0 Å². The molecule has 0 radical (unpaired) electrons. The first-order valence-electron chi connectivity index (χ1n) is 10.8. The number of benzene rings is 1. The molecule has 0 amide bonds. The Balaban J connectivity index is 0.00000256. The molecule has 0 unspecified atom stereocenters. The van der Waals surface area contributed by atoms with Crippen LogP contribution in [0.5, 0.6) is 0 Å². The van der Waals surface area contributed by atoms with Crippen LogP contribution in [0.1, 0.15) is 61.5 Å². The first kappa shape index (κ1) is 22.6. The van der Waals surface area contributed by atoms with Gasteiger partial charge in [0, 0.05) is 12.5 Å². The maximum Gasteiger partial charge on any atom is 0.350 e. The van der Waals surface area contributed by atoms with E-state index in [-0.39, 0.29) is 30.6 Å². The number of rotatable bonds is 5. The van der Waals surface area contributed by atoms with Crippen molar-refractivity contribution < 1.29 is 9.90 Å². The molecule has 7 nitrogen and oxygen atoms in total. The van der Waals surface area contributed by atoms with Crippen LogP contribution in [0.2, 0.25) is 0 Å². The predicted molar refractivity (Wildman–Crippen MR) is 118 cm³/mol. The van der Waals surface area contributed by atoms with E-state index in [1.165, 1.54) is 11.1 Å². The number of aliphatic carboxylic acids is 1. The van der Waals surface area contributed by atoms with Gasteiger partial charge in [0.25, 0.3) is 0 Å². The minimum Gasteiger partial charge on any atom is -0.481 e. The number of nitrogens with zero attached hydrogens (tertiary/aromatic N) is 3. The molecule has 2 heterocycles. The number of halogens is 1. The molecule has 0 spiro atoms. The smallest absolute Gasteiger partial charge is 0.350 e. The second-order valence-electron chi connectivity index (χ2n) is 8.42. The summed E-state index contributed by atoms with van der Waals surface area (Å²) in [5.74, 6) is 0.476. The number of aryl methyl sites for hydroxylation is 1. The molecule has 1 aromatic heterocycles. The summed E-state index contributed by atoms with van der Waals surface area (Å²) in [6, 6.07) is 6.41. The third-order valence-corrected chi connectivity index (χ3v) is 6.51. The van der Waals surface area contributed by atoms with Crippen LogP contribution in [-0.2, 0) is 17.6 Å². The van der Waals surface area contributed by atoms with Crippen LogP contribution in [0.4, 0.5) is 0 Å². The highest BCUT2D eigenvalue weighted by Gasteiger charge is 2.26. The number of aromatic nitrogens is 3. The Labute approximate surface area is 182 Å². The van der Waals surface area contributed by atoms with Crippen molar-refractivity contribution in [1.29, 1.82) is 0 Å². The van der Waals surface area contributed by atoms with Gasteiger partial charge in [-0.2, -0.15) is 9.78 Å². The summed E-state index contributed by atoms with van der Waals surface area (Å²) in [5, 5.41) is 16.9. The van der Waals surface area contributed by atoms with Crippen LogP contribution in [0.15, 0.2) is 23.0 Å². The molecule has 1 fully saturated rings. The topological polar surface area (TPSA) is 89.2 Å². The van der Waals surface area contributed by atoms with Gasteiger partial charge in [-0.05, 0) is 94.1 Å². The van der Waals surface area contributed by atoms with E-state index in [9.17, 15) is 9.59 Å². The second-order valence-corrected chi connectivity index (χ2v) is 8.42.